The minimum atomic E-state index is -4.46. The number of unbranched alkanes of at least 4 members (excludes halogenated alkanes) is 2. The maximum absolute atomic E-state index is 15.3. The van der Waals surface area contributed by atoms with Gasteiger partial charge in [-0.25, -0.2) is 14.2 Å². The number of phenolic OH excluding ortho intramolecular Hbond substituents is 2. The number of rotatable bonds is 18. The van der Waals surface area contributed by atoms with Gasteiger partial charge < -0.3 is 60.4 Å². The van der Waals surface area contributed by atoms with Crippen molar-refractivity contribution in [2.45, 2.75) is 67.8 Å². The minimum absolute atomic E-state index is 0.0397. The SMILES string of the molecule is CSCCC(N(N)N1NOC(=O)C(N)C2OC(=O)C(N)C(C(=O)CCCCCNC(=S)Nc3c(O)ccc4c3Oc3cc(O)ccc3C43OC(=O)c4ccccc43)N21)P(=O)(Oc1ccccc1)Oc1ccccc1. The number of ketones is 1. The van der Waals surface area contributed by atoms with Crippen LogP contribution in [0.15, 0.2) is 115 Å². The number of ether oxygens (including phenoxy) is 3. The van der Waals surface area contributed by atoms with Gasteiger partial charge in [0, 0.05) is 30.2 Å². The van der Waals surface area contributed by atoms with Crippen LogP contribution in [0.4, 0.5) is 5.69 Å². The van der Waals surface area contributed by atoms with E-state index in [9.17, 15) is 29.4 Å². The van der Waals surface area contributed by atoms with Crippen LogP contribution >= 0.6 is 31.6 Å². The van der Waals surface area contributed by atoms with Gasteiger partial charge in [0.05, 0.1) is 11.1 Å². The molecule has 2 fully saturated rings. The van der Waals surface area contributed by atoms with Gasteiger partial charge >= 0.3 is 25.5 Å². The molecule has 0 saturated carbocycles. The van der Waals surface area contributed by atoms with E-state index < -0.39 is 67.0 Å². The predicted octanol–water partition coefficient (Wildman–Crippen LogP) is 5.00. The van der Waals surface area contributed by atoms with Crippen LogP contribution in [0.3, 0.4) is 0 Å². The molecule has 4 aliphatic heterocycles. The fraction of sp³-hybridized carbons (Fsp3) is 0.286. The number of nitrogens with one attached hydrogen (secondary N) is 3. The number of carbonyl (C=O) groups is 4. The maximum Gasteiger partial charge on any atom is 0.450 e. The molecule has 2 saturated heterocycles. The summed E-state index contributed by atoms with van der Waals surface area (Å²) in [4.78, 5) is 59.6. The molecule has 6 unspecified atom stereocenters. The highest BCUT2D eigenvalue weighted by molar-refractivity contribution is 7.98. The summed E-state index contributed by atoms with van der Waals surface area (Å²) in [6.45, 7) is 0.299. The lowest BCUT2D eigenvalue weighted by Gasteiger charge is -2.49. The van der Waals surface area contributed by atoms with E-state index in [2.05, 4.69) is 16.2 Å². The zero-order valence-corrected chi connectivity index (χ0v) is 42.1. The Morgan fingerprint density at radius 1 is 0.892 bits per heavy atom. The number of thioether (sulfide) groups is 1. The van der Waals surface area contributed by atoms with Gasteiger partial charge in [-0.05, 0) is 98.1 Å². The van der Waals surface area contributed by atoms with Crippen molar-refractivity contribution < 1.29 is 62.1 Å². The summed E-state index contributed by atoms with van der Waals surface area (Å²) in [5.41, 5.74) is 15.5. The van der Waals surface area contributed by atoms with Crippen molar-refractivity contribution >= 4 is 66.1 Å². The molecule has 0 amide bonds. The minimum Gasteiger partial charge on any atom is -0.508 e. The molecule has 388 valence electrons. The number of hydrogen-bond acceptors (Lipinski definition) is 22. The molecule has 25 heteroatoms. The highest BCUT2D eigenvalue weighted by Crippen LogP contribution is 2.59. The number of hydrazine groups is 4. The standard InChI is InChI=1S/C49H52N9O13PS2/c1-74-26-24-38(72(65,70-29-13-5-2-6-14-29)71-30-15-7-3-8-16-30)57(52)58-55-69-47(64)40(51)44-56(58)42(39(50)46(63)67-44)36(61)19-9-4-12-25-53-48(73)54-41-35(60)23-22-34-43(41)66-37-27-28(59)20-21-33(37)49(34)32-18-11-10-17-31(32)45(62)68-49/h2-3,5-8,10-11,13-18,20-23,27,38-40,42,44,55,59-60H,4,9,12,19,24-26,50-52H2,1H3,(H2,53,54,73). The van der Waals surface area contributed by atoms with Crippen molar-refractivity contribution in [1.29, 1.82) is 0 Å². The predicted molar refractivity (Wildman–Crippen MR) is 273 cm³/mol. The van der Waals surface area contributed by atoms with E-state index in [1.165, 1.54) is 30.0 Å². The number of fused-ring (bicyclic) bond motifs is 7. The van der Waals surface area contributed by atoms with Gasteiger partial charge in [-0.15, -0.1) is 5.12 Å². The normalized spacial score (nSPS) is 21.6. The second kappa shape index (κ2) is 21.9. The molecule has 4 heterocycles. The first-order valence-electron chi connectivity index (χ1n) is 23.3. The van der Waals surface area contributed by atoms with Crippen LogP contribution in [-0.2, 0) is 38.9 Å². The van der Waals surface area contributed by atoms with Crippen LogP contribution in [0, 0.1) is 0 Å². The van der Waals surface area contributed by atoms with Gasteiger partial charge in [-0.1, -0.05) is 71.8 Å². The lowest BCUT2D eigenvalue weighted by Crippen LogP contribution is -2.76. The number of hydrogen-bond donors (Lipinski definition) is 8. The molecular formula is C49H52N9O13PS2. The molecule has 0 radical (unpaired) electrons. The summed E-state index contributed by atoms with van der Waals surface area (Å²) >= 11 is 7.06. The topological polar surface area (TPSA) is 305 Å². The number of benzene rings is 5. The molecule has 5 aromatic rings. The van der Waals surface area contributed by atoms with Gasteiger partial charge in [0.2, 0.25) is 0 Å². The van der Waals surface area contributed by atoms with Crippen LogP contribution in [0.25, 0.3) is 0 Å². The first kappa shape index (κ1) is 52.0. The van der Waals surface area contributed by atoms with Crippen molar-refractivity contribution in [2.75, 3.05) is 23.9 Å². The molecule has 0 bridgehead atoms. The Balaban J connectivity index is 0.892. The monoisotopic (exact) mass is 1070 g/mol. The Hall–Kier alpha value is -6.83. The van der Waals surface area contributed by atoms with Crippen molar-refractivity contribution in [3.05, 3.63) is 138 Å². The van der Waals surface area contributed by atoms with Crippen LogP contribution < -0.4 is 47.3 Å². The van der Waals surface area contributed by atoms with Gasteiger partial charge in [0.25, 0.3) is 0 Å². The van der Waals surface area contributed by atoms with Crippen molar-refractivity contribution in [3.8, 4) is 34.5 Å². The van der Waals surface area contributed by atoms with Crippen molar-refractivity contribution in [1.82, 2.24) is 26.3 Å². The lowest BCUT2D eigenvalue weighted by atomic mass is 9.77. The molecule has 9 rings (SSSR count). The summed E-state index contributed by atoms with van der Waals surface area (Å²) in [6, 6.07) is 26.2. The van der Waals surface area contributed by atoms with E-state index in [1.54, 1.807) is 97.1 Å². The molecule has 74 heavy (non-hydrogen) atoms. The summed E-state index contributed by atoms with van der Waals surface area (Å²) in [5.74, 6) is 3.03. The molecule has 0 aromatic heterocycles. The summed E-state index contributed by atoms with van der Waals surface area (Å²) in [7, 11) is -4.46. The fourth-order valence-electron chi connectivity index (χ4n) is 9.12. The number of phenols is 2. The van der Waals surface area contributed by atoms with Gasteiger partial charge in [0.1, 0.15) is 46.5 Å². The van der Waals surface area contributed by atoms with Crippen LogP contribution in [0.5, 0.6) is 34.5 Å². The summed E-state index contributed by atoms with van der Waals surface area (Å²) in [5, 5.41) is 30.7. The van der Waals surface area contributed by atoms with Gasteiger partial charge in [0.15, 0.2) is 40.3 Å². The molecule has 11 N–H and O–H groups in total. The number of Topliss-reactive ketones (excluding diaryl/α,β-unsaturated/α-hetero) is 1. The largest absolute Gasteiger partial charge is 0.508 e. The molecular weight excluding hydrogens is 1020 g/mol. The van der Waals surface area contributed by atoms with Gasteiger partial charge in [-0.3, -0.25) is 15.4 Å². The quantitative estimate of drug-likeness (QED) is 0.00836. The van der Waals surface area contributed by atoms with E-state index in [1.807, 2.05) is 6.26 Å². The van der Waals surface area contributed by atoms with Crippen LogP contribution in [0.2, 0.25) is 0 Å². The smallest absolute Gasteiger partial charge is 0.450 e. The number of nitrogens with two attached hydrogens (primary N) is 3. The second-order valence-electron chi connectivity index (χ2n) is 17.4. The Morgan fingerprint density at radius 3 is 2.27 bits per heavy atom. The van der Waals surface area contributed by atoms with E-state index in [-0.39, 0.29) is 64.6 Å². The zero-order chi connectivity index (χ0) is 52.3. The van der Waals surface area contributed by atoms with E-state index >= 15 is 4.57 Å². The third-order valence-corrected chi connectivity index (χ3v) is 15.7. The molecule has 22 nitrogen and oxygen atoms in total. The van der Waals surface area contributed by atoms with Gasteiger partial charge in [-0.2, -0.15) is 16.8 Å². The Labute approximate surface area is 433 Å². The number of nitrogens with zero attached hydrogens (tertiary/aromatic N) is 3. The van der Waals surface area contributed by atoms with E-state index in [0.717, 1.165) is 15.4 Å². The number of thiocarbonyl (C=S) groups is 1. The average molecular weight is 1070 g/mol. The van der Waals surface area contributed by atoms with E-state index in [0.29, 0.717) is 47.4 Å². The zero-order valence-electron chi connectivity index (χ0n) is 39.5. The third kappa shape index (κ3) is 10.1. The number of aromatic hydroxyl groups is 2. The molecule has 6 atom stereocenters. The molecule has 1 spiro atoms. The highest BCUT2D eigenvalue weighted by Gasteiger charge is 2.58. The van der Waals surface area contributed by atoms with E-state index in [4.69, 9.17) is 57.6 Å². The number of esters is 2. The average Bonchev–Trinajstić information content (AvgIpc) is 3.62. The van der Waals surface area contributed by atoms with Crippen molar-refractivity contribution in [2.24, 2.45) is 17.3 Å². The molecule has 4 aliphatic rings. The number of anilines is 1. The Kier molecular flexibility index (Phi) is 15.4. The molecule has 5 aromatic carbocycles. The second-order valence-corrected chi connectivity index (χ2v) is 20.8. The fourth-order valence-corrected chi connectivity index (χ4v) is 11.9. The van der Waals surface area contributed by atoms with Crippen molar-refractivity contribution in [3.63, 3.8) is 0 Å². The summed E-state index contributed by atoms with van der Waals surface area (Å²) < 4.78 is 45.7. The Morgan fingerprint density at radius 2 is 1.57 bits per heavy atom. The first-order valence-corrected chi connectivity index (χ1v) is 26.7. The summed E-state index contributed by atoms with van der Waals surface area (Å²) in [6.07, 6.45) is 1.27. The third-order valence-electron chi connectivity index (χ3n) is 12.6. The van der Waals surface area contributed by atoms with Crippen LogP contribution in [0.1, 0.15) is 59.2 Å². The molecule has 0 aliphatic carbocycles. The number of carbonyl (C=O) groups excluding carboxylic acids is 4. The highest BCUT2D eigenvalue weighted by atomic mass is 32.2. The Bertz CT molecular complexity index is 2960. The van der Waals surface area contributed by atoms with Crippen LogP contribution in [-0.4, -0.2) is 103 Å². The lowest BCUT2D eigenvalue weighted by molar-refractivity contribution is -0.331. The number of para-hydroxylation sites is 2. The maximum atomic E-state index is 15.3. The first-order chi connectivity index (χ1) is 35.6.